The van der Waals surface area contributed by atoms with Crippen molar-refractivity contribution in [3.8, 4) is 0 Å². The van der Waals surface area contributed by atoms with Crippen LogP contribution in [-0.2, 0) is 19.1 Å². The maximum Gasteiger partial charge on any atom is 0.328 e. The number of aryl methyl sites for hydroxylation is 1. The molecule has 0 saturated heterocycles. The molecule has 1 atom stereocenters. The molecule has 1 amide bonds. The highest BCUT2D eigenvalue weighted by atomic mass is 16.5. The van der Waals surface area contributed by atoms with Crippen molar-refractivity contribution in [3.63, 3.8) is 0 Å². The van der Waals surface area contributed by atoms with Crippen LogP contribution in [0.2, 0.25) is 0 Å². The number of amides is 1. The Bertz CT molecular complexity index is 591. The van der Waals surface area contributed by atoms with Crippen LogP contribution in [0.5, 0.6) is 0 Å². The van der Waals surface area contributed by atoms with Crippen molar-refractivity contribution in [2.45, 2.75) is 19.9 Å². The van der Waals surface area contributed by atoms with Gasteiger partial charge in [-0.2, -0.15) is 0 Å². The lowest BCUT2D eigenvalue weighted by Crippen LogP contribution is -2.42. The molecule has 0 heterocycles. The lowest BCUT2D eigenvalue weighted by molar-refractivity contribution is -0.145. The Labute approximate surface area is 122 Å². The van der Waals surface area contributed by atoms with Gasteiger partial charge in [-0.05, 0) is 19.4 Å². The largest absolute Gasteiger partial charge is 0.507 e. The Balaban J connectivity index is 2.80. The second-order valence-corrected chi connectivity index (χ2v) is 4.43. The maximum atomic E-state index is 11.7. The van der Waals surface area contributed by atoms with E-state index in [0.29, 0.717) is 5.56 Å². The Kier molecular flexibility index (Phi) is 5.66. The molecule has 0 saturated carbocycles. The molecular weight excluding hydrogens is 274 g/mol. The third-order valence-corrected chi connectivity index (χ3v) is 2.81. The second kappa shape index (κ2) is 7.23. The van der Waals surface area contributed by atoms with Gasteiger partial charge in [-0.25, -0.2) is 4.79 Å². The number of hydrogen-bond donors (Lipinski definition) is 2. The van der Waals surface area contributed by atoms with Gasteiger partial charge in [-0.15, -0.1) is 0 Å². The van der Waals surface area contributed by atoms with E-state index in [0.717, 1.165) is 11.6 Å². The third-order valence-electron chi connectivity index (χ3n) is 2.81. The Morgan fingerprint density at radius 3 is 2.48 bits per heavy atom. The zero-order chi connectivity index (χ0) is 16.0. The molecule has 0 aliphatic rings. The molecule has 6 nitrogen and oxygen atoms in total. The number of carbonyl (C=O) groups is 3. The molecule has 0 aliphatic carbocycles. The predicted octanol–water partition coefficient (Wildman–Crippen LogP) is 1.14. The Morgan fingerprint density at radius 2 is 1.90 bits per heavy atom. The first-order valence-corrected chi connectivity index (χ1v) is 6.26. The van der Waals surface area contributed by atoms with Crippen molar-refractivity contribution in [3.05, 3.63) is 41.5 Å². The van der Waals surface area contributed by atoms with E-state index in [-0.39, 0.29) is 5.76 Å². The summed E-state index contributed by atoms with van der Waals surface area (Å²) in [7, 11) is 1.18. The molecule has 2 N–H and O–H groups in total. The van der Waals surface area contributed by atoms with Crippen LogP contribution in [0.1, 0.15) is 18.1 Å². The number of benzene rings is 1. The van der Waals surface area contributed by atoms with Crippen molar-refractivity contribution >= 4 is 23.4 Å². The van der Waals surface area contributed by atoms with E-state index in [4.69, 9.17) is 0 Å². The van der Waals surface area contributed by atoms with Gasteiger partial charge in [0, 0.05) is 11.6 Å². The SMILES string of the molecule is COC(=O)[C@@H](C)NC(=O)C(=O)C=C(O)c1ccccc1C. The number of aliphatic hydroxyl groups is 1. The zero-order valence-electron chi connectivity index (χ0n) is 12.0. The molecule has 0 radical (unpaired) electrons. The lowest BCUT2D eigenvalue weighted by atomic mass is 10.1. The molecule has 1 aromatic carbocycles. The third kappa shape index (κ3) is 4.45. The van der Waals surface area contributed by atoms with Crippen molar-refractivity contribution < 1.29 is 24.2 Å². The van der Waals surface area contributed by atoms with Gasteiger partial charge < -0.3 is 15.2 Å². The van der Waals surface area contributed by atoms with Gasteiger partial charge >= 0.3 is 5.97 Å². The normalized spacial score (nSPS) is 12.4. The van der Waals surface area contributed by atoms with Crippen LogP contribution in [0.25, 0.3) is 5.76 Å². The molecule has 112 valence electrons. The molecule has 0 unspecified atom stereocenters. The molecule has 21 heavy (non-hydrogen) atoms. The predicted molar refractivity (Wildman–Crippen MR) is 76.4 cm³/mol. The van der Waals surface area contributed by atoms with E-state index in [1.807, 2.05) is 0 Å². The number of esters is 1. The summed E-state index contributed by atoms with van der Waals surface area (Å²) in [4.78, 5) is 34.4. The number of nitrogens with one attached hydrogen (secondary N) is 1. The summed E-state index contributed by atoms with van der Waals surface area (Å²) in [5.41, 5.74) is 1.22. The molecule has 0 aromatic heterocycles. The highest BCUT2D eigenvalue weighted by Gasteiger charge is 2.20. The van der Waals surface area contributed by atoms with Crippen LogP contribution in [0, 0.1) is 6.92 Å². The van der Waals surface area contributed by atoms with Gasteiger partial charge in [0.1, 0.15) is 11.8 Å². The number of rotatable bonds is 5. The molecule has 0 fully saturated rings. The molecule has 1 rings (SSSR count). The van der Waals surface area contributed by atoms with Gasteiger partial charge in [-0.1, -0.05) is 24.3 Å². The van der Waals surface area contributed by atoms with Crippen LogP contribution < -0.4 is 5.32 Å². The van der Waals surface area contributed by atoms with Crippen LogP contribution in [-0.4, -0.2) is 35.9 Å². The van der Waals surface area contributed by atoms with Crippen LogP contribution in [0.15, 0.2) is 30.3 Å². The zero-order valence-corrected chi connectivity index (χ0v) is 12.0. The lowest BCUT2D eigenvalue weighted by Gasteiger charge is -2.10. The number of methoxy groups -OCH3 is 1. The first-order valence-electron chi connectivity index (χ1n) is 6.26. The highest BCUT2D eigenvalue weighted by molar-refractivity contribution is 6.41. The highest BCUT2D eigenvalue weighted by Crippen LogP contribution is 2.15. The van der Waals surface area contributed by atoms with E-state index < -0.39 is 23.7 Å². The summed E-state index contributed by atoms with van der Waals surface area (Å²) in [5.74, 6) is -2.92. The molecule has 0 aliphatic heterocycles. The minimum absolute atomic E-state index is 0.307. The summed E-state index contributed by atoms with van der Waals surface area (Å²) < 4.78 is 4.43. The molecule has 1 aromatic rings. The van der Waals surface area contributed by atoms with Gasteiger partial charge in [0.25, 0.3) is 5.91 Å². The second-order valence-electron chi connectivity index (χ2n) is 4.43. The number of hydrogen-bond acceptors (Lipinski definition) is 5. The van der Waals surface area contributed by atoms with Gasteiger partial charge in [-0.3, -0.25) is 9.59 Å². The van der Waals surface area contributed by atoms with Gasteiger partial charge in [0.2, 0.25) is 5.78 Å². The van der Waals surface area contributed by atoms with Crippen molar-refractivity contribution in [2.75, 3.05) is 7.11 Å². The Hall–Kier alpha value is -2.63. The minimum atomic E-state index is -0.993. The average molecular weight is 291 g/mol. The first-order chi connectivity index (χ1) is 9.86. The van der Waals surface area contributed by atoms with Crippen LogP contribution >= 0.6 is 0 Å². The summed E-state index contributed by atoms with van der Waals surface area (Å²) in [6, 6.07) is 5.95. The Morgan fingerprint density at radius 1 is 1.29 bits per heavy atom. The van der Waals surface area contributed by atoms with E-state index in [1.165, 1.54) is 14.0 Å². The fraction of sp³-hybridized carbons (Fsp3) is 0.267. The molecule has 0 spiro atoms. The van der Waals surface area contributed by atoms with Crippen molar-refractivity contribution in [1.29, 1.82) is 0 Å². The minimum Gasteiger partial charge on any atom is -0.507 e. The fourth-order valence-electron chi connectivity index (χ4n) is 1.63. The monoisotopic (exact) mass is 291 g/mol. The summed E-state index contributed by atoms with van der Waals surface area (Å²) >= 11 is 0. The number of ether oxygens (including phenoxy) is 1. The van der Waals surface area contributed by atoms with E-state index >= 15 is 0 Å². The molecular formula is C15H17NO5. The molecule has 6 heteroatoms. The standard InChI is InChI=1S/C15H17NO5/c1-9-6-4-5-7-11(9)12(17)8-13(18)14(19)16-10(2)15(20)21-3/h4-8,10,17H,1-3H3,(H,16,19)/t10-/m1/s1. The number of carbonyl (C=O) groups excluding carboxylic acids is 3. The molecule has 0 bridgehead atoms. The number of aliphatic hydroxyl groups excluding tert-OH is 1. The van der Waals surface area contributed by atoms with E-state index in [1.54, 1.807) is 31.2 Å². The maximum absolute atomic E-state index is 11.7. The summed E-state index contributed by atoms with van der Waals surface area (Å²) in [5, 5.41) is 12.1. The average Bonchev–Trinajstić information content (AvgIpc) is 2.46. The summed E-state index contributed by atoms with van der Waals surface area (Å²) in [6.45, 7) is 3.16. The van der Waals surface area contributed by atoms with Crippen LogP contribution in [0.3, 0.4) is 0 Å². The van der Waals surface area contributed by atoms with Crippen LogP contribution in [0.4, 0.5) is 0 Å². The smallest absolute Gasteiger partial charge is 0.328 e. The van der Waals surface area contributed by atoms with Gasteiger partial charge in [0.15, 0.2) is 0 Å². The topological polar surface area (TPSA) is 92.7 Å². The van der Waals surface area contributed by atoms with Gasteiger partial charge in [0.05, 0.1) is 7.11 Å². The van der Waals surface area contributed by atoms with Crippen molar-refractivity contribution in [1.82, 2.24) is 5.32 Å². The number of ketones is 1. The summed E-state index contributed by atoms with van der Waals surface area (Å²) in [6.07, 6.45) is 0.821. The van der Waals surface area contributed by atoms with Crippen molar-refractivity contribution in [2.24, 2.45) is 0 Å². The van der Waals surface area contributed by atoms with E-state index in [2.05, 4.69) is 10.1 Å². The van der Waals surface area contributed by atoms with E-state index in [9.17, 15) is 19.5 Å². The quantitative estimate of drug-likeness (QED) is 0.367. The fourth-order valence-corrected chi connectivity index (χ4v) is 1.63. The first kappa shape index (κ1) is 16.4.